The average molecular weight is 413 g/mol. The molecule has 8 heteroatoms. The number of likely N-dealkylation sites (tertiary alicyclic amines) is 1. The molecule has 1 amide bonds. The third kappa shape index (κ3) is 7.05. The molecule has 3 N–H and O–H groups in total. The number of carbonyl (C=O) groups is 1. The summed E-state index contributed by atoms with van der Waals surface area (Å²) in [4.78, 5) is 18.1. The van der Waals surface area contributed by atoms with Gasteiger partial charge in [0.15, 0.2) is 0 Å². The van der Waals surface area contributed by atoms with Gasteiger partial charge in [0.05, 0.1) is 15.6 Å². The normalized spacial score (nSPS) is 16.6. The summed E-state index contributed by atoms with van der Waals surface area (Å²) in [6.07, 6.45) is 5.70. The second-order valence-electron chi connectivity index (χ2n) is 6.35. The van der Waals surface area contributed by atoms with Crippen molar-refractivity contribution < 1.29 is 9.53 Å². The summed E-state index contributed by atoms with van der Waals surface area (Å²) >= 11 is 12.0. The van der Waals surface area contributed by atoms with E-state index in [-0.39, 0.29) is 12.0 Å². The maximum Gasteiger partial charge on any atom is 0.254 e. The minimum absolute atomic E-state index is 0.184. The topological polar surface area (TPSA) is 79.9 Å². The second-order valence-corrected chi connectivity index (χ2v) is 7.17. The molecule has 2 rings (SSSR count). The maximum atomic E-state index is 11.9. The fourth-order valence-corrected chi connectivity index (χ4v) is 3.20. The molecule has 0 atom stereocenters. The van der Waals surface area contributed by atoms with Gasteiger partial charge in [0.1, 0.15) is 11.9 Å². The first-order valence-corrected chi connectivity index (χ1v) is 9.75. The lowest BCUT2D eigenvalue weighted by Gasteiger charge is -2.32. The molecule has 6 nitrogen and oxygen atoms in total. The van der Waals surface area contributed by atoms with Crippen LogP contribution in [0.25, 0.3) is 0 Å². The molecule has 148 valence electrons. The van der Waals surface area contributed by atoms with E-state index in [2.05, 4.69) is 15.2 Å². The van der Waals surface area contributed by atoms with E-state index in [1.807, 2.05) is 6.07 Å². The van der Waals surface area contributed by atoms with E-state index in [1.54, 1.807) is 19.2 Å². The number of carbonyl (C=O) groups excluding carboxylic acids is 1. The van der Waals surface area contributed by atoms with Crippen molar-refractivity contribution in [2.24, 2.45) is 10.7 Å². The van der Waals surface area contributed by atoms with Gasteiger partial charge in [-0.25, -0.2) is 0 Å². The van der Waals surface area contributed by atoms with Crippen LogP contribution in [-0.4, -0.2) is 56.4 Å². The number of halogens is 2. The van der Waals surface area contributed by atoms with Crippen LogP contribution in [0.5, 0.6) is 5.75 Å². The Morgan fingerprint density at radius 1 is 1.37 bits per heavy atom. The van der Waals surface area contributed by atoms with Crippen molar-refractivity contribution in [3.63, 3.8) is 0 Å². The van der Waals surface area contributed by atoms with Gasteiger partial charge in [0, 0.05) is 45.2 Å². The van der Waals surface area contributed by atoms with E-state index in [4.69, 9.17) is 33.7 Å². The molecule has 1 aromatic carbocycles. The van der Waals surface area contributed by atoms with Crippen molar-refractivity contribution in [3.05, 3.63) is 40.0 Å². The lowest BCUT2D eigenvalue weighted by Crippen LogP contribution is -2.39. The van der Waals surface area contributed by atoms with Crippen molar-refractivity contribution >= 4 is 35.3 Å². The van der Waals surface area contributed by atoms with Crippen LogP contribution >= 0.6 is 23.2 Å². The van der Waals surface area contributed by atoms with Crippen molar-refractivity contribution in [3.8, 4) is 5.75 Å². The van der Waals surface area contributed by atoms with Gasteiger partial charge in [-0.05, 0) is 37.9 Å². The Bertz CT molecular complexity index is 686. The van der Waals surface area contributed by atoms with Crippen LogP contribution in [0.3, 0.4) is 0 Å². The molecule has 27 heavy (non-hydrogen) atoms. The van der Waals surface area contributed by atoms with Crippen molar-refractivity contribution in [1.82, 2.24) is 10.2 Å². The molecule has 1 heterocycles. The molecular weight excluding hydrogens is 387 g/mol. The predicted octanol–water partition coefficient (Wildman–Crippen LogP) is 2.89. The van der Waals surface area contributed by atoms with E-state index in [9.17, 15) is 4.79 Å². The Balaban J connectivity index is 1.64. The lowest BCUT2D eigenvalue weighted by molar-refractivity contribution is -0.117. The Hall–Kier alpha value is -1.76. The SMILES string of the molecule is CN=C/C(=C\N)C(=O)NCCCN1CCC(Oc2ccc(Cl)c(Cl)c2)CC1. The number of amides is 1. The standard InChI is InChI=1S/C19H26Cl2N4O2/c1-23-13-14(12-22)19(26)24-7-2-8-25-9-5-15(6-10-25)27-16-3-4-17(20)18(21)11-16/h3-4,11-13,15H,2,5-10,22H2,1H3,(H,24,26)/b14-12+,23-13?. The van der Waals surface area contributed by atoms with Gasteiger partial charge in [0.25, 0.3) is 5.91 Å². The summed E-state index contributed by atoms with van der Waals surface area (Å²) < 4.78 is 6.00. The molecule has 0 radical (unpaired) electrons. The van der Waals surface area contributed by atoms with Gasteiger partial charge in [-0.3, -0.25) is 9.79 Å². The van der Waals surface area contributed by atoms with Crippen LogP contribution in [0.1, 0.15) is 19.3 Å². The zero-order chi connectivity index (χ0) is 19.6. The number of aliphatic imine (C=N–C) groups is 1. The van der Waals surface area contributed by atoms with Crippen LogP contribution in [0.15, 0.2) is 35.0 Å². The maximum absolute atomic E-state index is 11.9. The zero-order valence-electron chi connectivity index (χ0n) is 15.5. The molecule has 0 spiro atoms. The van der Waals surface area contributed by atoms with Gasteiger partial charge in [-0.2, -0.15) is 0 Å². The Labute approximate surface area is 170 Å². The van der Waals surface area contributed by atoms with Crippen molar-refractivity contribution in [1.29, 1.82) is 0 Å². The first kappa shape index (κ1) is 21.5. The van der Waals surface area contributed by atoms with E-state index >= 15 is 0 Å². The van der Waals surface area contributed by atoms with Gasteiger partial charge in [-0.15, -0.1) is 0 Å². The minimum atomic E-state index is -0.197. The summed E-state index contributed by atoms with van der Waals surface area (Å²) in [6.45, 7) is 3.48. The summed E-state index contributed by atoms with van der Waals surface area (Å²) in [5.41, 5.74) is 5.79. The van der Waals surface area contributed by atoms with Gasteiger partial charge < -0.3 is 20.7 Å². The molecule has 0 aromatic heterocycles. The second kappa shape index (κ2) is 11.2. The predicted molar refractivity (Wildman–Crippen MR) is 111 cm³/mol. The quantitative estimate of drug-likeness (QED) is 0.390. The number of hydrogen-bond donors (Lipinski definition) is 2. The number of nitrogens with zero attached hydrogens (tertiary/aromatic N) is 2. The van der Waals surface area contributed by atoms with Gasteiger partial charge >= 0.3 is 0 Å². The van der Waals surface area contributed by atoms with E-state index in [0.29, 0.717) is 22.2 Å². The number of ether oxygens (including phenoxy) is 1. The molecule has 1 aliphatic rings. The molecule has 0 saturated carbocycles. The largest absolute Gasteiger partial charge is 0.490 e. The van der Waals surface area contributed by atoms with E-state index < -0.39 is 0 Å². The highest BCUT2D eigenvalue weighted by Crippen LogP contribution is 2.28. The summed E-state index contributed by atoms with van der Waals surface area (Å²) in [5, 5.41) is 3.89. The fraction of sp³-hybridized carbons (Fsp3) is 0.474. The monoisotopic (exact) mass is 412 g/mol. The summed E-state index contributed by atoms with van der Waals surface area (Å²) in [6, 6.07) is 5.35. The summed E-state index contributed by atoms with van der Waals surface area (Å²) in [5.74, 6) is 0.557. The Morgan fingerprint density at radius 2 is 2.11 bits per heavy atom. The molecular formula is C19H26Cl2N4O2. The lowest BCUT2D eigenvalue weighted by atomic mass is 10.1. The average Bonchev–Trinajstić information content (AvgIpc) is 2.67. The Kier molecular flexibility index (Phi) is 8.91. The third-order valence-electron chi connectivity index (χ3n) is 4.38. The molecule has 1 aliphatic heterocycles. The van der Waals surface area contributed by atoms with Gasteiger partial charge in [-0.1, -0.05) is 23.2 Å². The van der Waals surface area contributed by atoms with Crippen LogP contribution in [0.2, 0.25) is 10.0 Å². The number of rotatable bonds is 8. The van der Waals surface area contributed by atoms with E-state index in [1.165, 1.54) is 12.4 Å². The van der Waals surface area contributed by atoms with Crippen LogP contribution in [0, 0.1) is 0 Å². The highest BCUT2D eigenvalue weighted by Gasteiger charge is 2.20. The first-order valence-electron chi connectivity index (χ1n) is 8.99. The number of hydrogen-bond acceptors (Lipinski definition) is 5. The smallest absolute Gasteiger partial charge is 0.254 e. The molecule has 1 aromatic rings. The molecule has 0 bridgehead atoms. The van der Waals surface area contributed by atoms with Crippen LogP contribution < -0.4 is 15.8 Å². The highest BCUT2D eigenvalue weighted by molar-refractivity contribution is 6.42. The number of nitrogens with one attached hydrogen (secondary N) is 1. The first-order chi connectivity index (χ1) is 13.0. The molecule has 1 saturated heterocycles. The summed E-state index contributed by atoms with van der Waals surface area (Å²) in [7, 11) is 1.60. The zero-order valence-corrected chi connectivity index (χ0v) is 17.0. The molecule has 1 fully saturated rings. The van der Waals surface area contributed by atoms with Crippen molar-refractivity contribution in [2.75, 3.05) is 33.2 Å². The fourth-order valence-electron chi connectivity index (χ4n) is 2.92. The number of piperidine rings is 1. The number of benzene rings is 1. The van der Waals surface area contributed by atoms with Crippen molar-refractivity contribution in [2.45, 2.75) is 25.4 Å². The molecule has 0 aliphatic carbocycles. The van der Waals surface area contributed by atoms with Gasteiger partial charge in [0.2, 0.25) is 0 Å². The van der Waals surface area contributed by atoms with Crippen LogP contribution in [0.4, 0.5) is 0 Å². The highest BCUT2D eigenvalue weighted by atomic mass is 35.5. The third-order valence-corrected chi connectivity index (χ3v) is 5.11. The van der Waals surface area contributed by atoms with E-state index in [0.717, 1.165) is 44.6 Å². The van der Waals surface area contributed by atoms with Crippen LogP contribution in [-0.2, 0) is 4.79 Å². The minimum Gasteiger partial charge on any atom is -0.490 e. The Morgan fingerprint density at radius 3 is 2.74 bits per heavy atom. The molecule has 0 unspecified atom stereocenters. The number of nitrogens with two attached hydrogens (primary N) is 1.